The topological polar surface area (TPSA) is 75.6 Å². The predicted molar refractivity (Wildman–Crippen MR) is 67.2 cm³/mol. The van der Waals surface area contributed by atoms with Gasteiger partial charge in [0.2, 0.25) is 0 Å². The van der Waals surface area contributed by atoms with Gasteiger partial charge in [-0.3, -0.25) is 4.79 Å². The molecule has 1 fully saturated rings. The smallest absolute Gasteiger partial charge is 0.408 e. The molecule has 104 valence electrons. The largest absolute Gasteiger partial charge is 0.444 e. The van der Waals surface area contributed by atoms with Crippen LogP contribution in [0.5, 0.6) is 0 Å². The zero-order chi connectivity index (χ0) is 14.1. The molecule has 0 aromatic heterocycles. The lowest BCUT2D eigenvalue weighted by molar-refractivity contribution is -0.136. The number of carbonyl (C=O) groups is 2. The summed E-state index contributed by atoms with van der Waals surface area (Å²) in [5.74, 6) is -0.243. The van der Waals surface area contributed by atoms with E-state index in [0.29, 0.717) is 0 Å². The third-order valence-corrected chi connectivity index (χ3v) is 2.65. The highest BCUT2D eigenvalue weighted by Gasteiger charge is 2.42. The molecule has 2 N–H and O–H groups in total. The fourth-order valence-corrected chi connectivity index (χ4v) is 1.64. The zero-order valence-corrected chi connectivity index (χ0v) is 11.7. The molecule has 0 radical (unpaired) electrons. The normalized spacial score (nSPS) is 18.1. The maximum Gasteiger partial charge on any atom is 0.408 e. The van der Waals surface area contributed by atoms with E-state index in [-0.39, 0.29) is 11.7 Å². The number of ether oxygens (including phenoxy) is 1. The van der Waals surface area contributed by atoms with Gasteiger partial charge in [0.05, 0.1) is 6.04 Å². The third kappa shape index (κ3) is 4.64. The number of ketones is 1. The van der Waals surface area contributed by atoms with E-state index in [1.54, 1.807) is 20.8 Å². The molecule has 1 amide bonds. The fraction of sp³-hybridized carbons (Fsp3) is 0.846. The van der Waals surface area contributed by atoms with Crippen LogP contribution in [0.15, 0.2) is 0 Å². The summed E-state index contributed by atoms with van der Waals surface area (Å²) >= 11 is 0. The van der Waals surface area contributed by atoms with Gasteiger partial charge < -0.3 is 15.2 Å². The average molecular weight is 257 g/mol. The summed E-state index contributed by atoms with van der Waals surface area (Å²) in [6.45, 7) is 8.15. The molecule has 0 aromatic carbocycles. The van der Waals surface area contributed by atoms with Gasteiger partial charge in [-0.1, -0.05) is 0 Å². The second-order valence-corrected chi connectivity index (χ2v) is 6.38. The molecule has 0 heterocycles. The summed E-state index contributed by atoms with van der Waals surface area (Å²) in [5, 5.41) is 12.3. The number of hydrogen-bond donors (Lipinski definition) is 2. The molecule has 0 unspecified atom stereocenters. The molecule has 1 rings (SSSR count). The Labute approximate surface area is 108 Å². The zero-order valence-electron chi connectivity index (χ0n) is 11.7. The number of hydrogen-bond acceptors (Lipinski definition) is 4. The lowest BCUT2D eigenvalue weighted by Crippen LogP contribution is -2.51. The number of alkyl carbamates (subject to hydrolysis) is 1. The van der Waals surface area contributed by atoms with Gasteiger partial charge in [0.25, 0.3) is 0 Å². The minimum atomic E-state index is -1.44. The Morgan fingerprint density at radius 1 is 1.22 bits per heavy atom. The molecular weight excluding hydrogens is 234 g/mol. The Balaban J connectivity index is 2.65. The van der Waals surface area contributed by atoms with Crippen LogP contribution in [0.3, 0.4) is 0 Å². The molecule has 18 heavy (non-hydrogen) atoms. The number of nitrogens with one attached hydrogen (secondary N) is 1. The van der Waals surface area contributed by atoms with Crippen LogP contribution in [0.1, 0.15) is 47.5 Å². The molecule has 0 bridgehead atoms. The van der Waals surface area contributed by atoms with E-state index < -0.39 is 23.3 Å². The standard InChI is InChI=1S/C13H23NO4/c1-12(2,3)18-11(16)14-9(8-6-7-8)10(15)13(4,5)17/h8-9,17H,6-7H2,1-5H3,(H,14,16)/t9-/m1/s1. The predicted octanol–water partition coefficient (Wildman–Crippen LogP) is 1.63. The second-order valence-electron chi connectivity index (χ2n) is 6.38. The summed E-state index contributed by atoms with van der Waals surface area (Å²) in [7, 11) is 0. The Kier molecular flexibility index (Phi) is 4.05. The number of rotatable bonds is 4. The number of amides is 1. The van der Waals surface area contributed by atoms with E-state index in [4.69, 9.17) is 4.74 Å². The third-order valence-electron chi connectivity index (χ3n) is 2.65. The molecular formula is C13H23NO4. The van der Waals surface area contributed by atoms with Gasteiger partial charge in [-0.15, -0.1) is 0 Å². The van der Waals surface area contributed by atoms with E-state index in [1.807, 2.05) is 0 Å². The quantitative estimate of drug-likeness (QED) is 0.802. The van der Waals surface area contributed by atoms with Crippen LogP contribution in [0.25, 0.3) is 0 Å². The SMILES string of the molecule is CC(C)(C)OC(=O)N[C@@H](C(=O)C(C)(C)O)C1CC1. The first-order valence-electron chi connectivity index (χ1n) is 6.27. The van der Waals surface area contributed by atoms with Crippen molar-refractivity contribution >= 4 is 11.9 Å². The Hall–Kier alpha value is -1.10. The maximum atomic E-state index is 12.0. The van der Waals surface area contributed by atoms with Crippen molar-refractivity contribution in [2.45, 2.75) is 64.7 Å². The lowest BCUT2D eigenvalue weighted by Gasteiger charge is -2.26. The van der Waals surface area contributed by atoms with E-state index in [0.717, 1.165) is 12.8 Å². The minimum absolute atomic E-state index is 0.122. The Bertz CT molecular complexity index is 334. The van der Waals surface area contributed by atoms with E-state index in [2.05, 4.69) is 5.32 Å². The molecule has 1 aliphatic rings. The van der Waals surface area contributed by atoms with E-state index in [9.17, 15) is 14.7 Å². The first-order valence-corrected chi connectivity index (χ1v) is 6.27. The summed E-state index contributed by atoms with van der Waals surface area (Å²) in [5.41, 5.74) is -2.04. The van der Waals surface area contributed by atoms with Gasteiger partial charge in [0, 0.05) is 0 Å². The van der Waals surface area contributed by atoms with Crippen molar-refractivity contribution in [2.75, 3.05) is 0 Å². The van der Waals surface area contributed by atoms with Crippen molar-refractivity contribution in [3.8, 4) is 0 Å². The number of carbonyl (C=O) groups excluding carboxylic acids is 2. The molecule has 1 aliphatic carbocycles. The van der Waals surface area contributed by atoms with Crippen LogP contribution in [-0.2, 0) is 9.53 Å². The highest BCUT2D eigenvalue weighted by Crippen LogP contribution is 2.34. The van der Waals surface area contributed by atoms with Gasteiger partial charge in [0.15, 0.2) is 5.78 Å². The second kappa shape index (κ2) is 4.88. The van der Waals surface area contributed by atoms with Crippen LogP contribution in [0, 0.1) is 5.92 Å². The van der Waals surface area contributed by atoms with Crippen molar-refractivity contribution in [3.63, 3.8) is 0 Å². The number of Topliss-reactive ketones (excluding diaryl/α,β-unsaturated/α-hetero) is 1. The van der Waals surface area contributed by atoms with Crippen molar-refractivity contribution in [1.82, 2.24) is 5.32 Å². The summed E-state index contributed by atoms with van der Waals surface area (Å²) < 4.78 is 5.13. The van der Waals surface area contributed by atoms with Crippen LogP contribution in [-0.4, -0.2) is 34.2 Å². The molecule has 0 aromatic rings. The summed E-state index contributed by atoms with van der Waals surface area (Å²) in [6, 6.07) is -0.653. The van der Waals surface area contributed by atoms with Crippen molar-refractivity contribution in [3.05, 3.63) is 0 Å². The fourth-order valence-electron chi connectivity index (χ4n) is 1.64. The van der Waals surface area contributed by atoms with Gasteiger partial charge in [0.1, 0.15) is 11.2 Å². The average Bonchev–Trinajstić information content (AvgIpc) is 2.91. The van der Waals surface area contributed by atoms with E-state index in [1.165, 1.54) is 13.8 Å². The molecule has 0 spiro atoms. The Morgan fingerprint density at radius 2 is 1.72 bits per heavy atom. The molecule has 5 heteroatoms. The highest BCUT2D eigenvalue weighted by molar-refractivity contribution is 5.93. The monoisotopic (exact) mass is 257 g/mol. The van der Waals surface area contributed by atoms with Crippen molar-refractivity contribution in [1.29, 1.82) is 0 Å². The van der Waals surface area contributed by atoms with Gasteiger partial charge in [-0.25, -0.2) is 4.79 Å². The van der Waals surface area contributed by atoms with Crippen LogP contribution >= 0.6 is 0 Å². The van der Waals surface area contributed by atoms with Crippen molar-refractivity contribution < 1.29 is 19.4 Å². The highest BCUT2D eigenvalue weighted by atomic mass is 16.6. The van der Waals surface area contributed by atoms with Gasteiger partial charge in [-0.2, -0.15) is 0 Å². The van der Waals surface area contributed by atoms with Crippen LogP contribution < -0.4 is 5.32 Å². The first kappa shape index (κ1) is 15.0. The van der Waals surface area contributed by atoms with Gasteiger partial charge >= 0.3 is 6.09 Å². The molecule has 0 aliphatic heterocycles. The Morgan fingerprint density at radius 3 is 2.06 bits per heavy atom. The number of aliphatic hydroxyl groups is 1. The maximum absolute atomic E-state index is 12.0. The lowest BCUT2D eigenvalue weighted by atomic mass is 9.94. The van der Waals surface area contributed by atoms with Crippen LogP contribution in [0.2, 0.25) is 0 Å². The minimum Gasteiger partial charge on any atom is -0.444 e. The summed E-state index contributed by atoms with van der Waals surface area (Å²) in [6.07, 6.45) is 1.17. The van der Waals surface area contributed by atoms with E-state index >= 15 is 0 Å². The molecule has 1 saturated carbocycles. The molecule has 5 nitrogen and oxygen atoms in total. The van der Waals surface area contributed by atoms with Gasteiger partial charge in [-0.05, 0) is 53.4 Å². The van der Waals surface area contributed by atoms with Crippen molar-refractivity contribution in [2.24, 2.45) is 5.92 Å². The molecule has 0 saturated heterocycles. The first-order chi connectivity index (χ1) is 8.00. The molecule has 1 atom stereocenters. The summed E-state index contributed by atoms with van der Waals surface area (Å²) in [4.78, 5) is 23.7. The van der Waals surface area contributed by atoms with Crippen LogP contribution in [0.4, 0.5) is 4.79 Å².